The normalized spacial score (nSPS) is 23.9. The smallest absolute Gasteiger partial charge is 0.119 e. The molecule has 0 saturated heterocycles. The second kappa shape index (κ2) is 13.8. The van der Waals surface area contributed by atoms with Crippen molar-refractivity contribution in [2.24, 2.45) is 27.8 Å². The molecule has 38 heavy (non-hydrogen) atoms. The Hall–Kier alpha value is -2.17. The number of benzene rings is 2. The lowest BCUT2D eigenvalue weighted by atomic mass is 9.72. The van der Waals surface area contributed by atoms with Gasteiger partial charge in [-0.25, -0.2) is 0 Å². The third-order valence-electron chi connectivity index (χ3n) is 8.21. The van der Waals surface area contributed by atoms with Gasteiger partial charge in [-0.2, -0.15) is 0 Å². The molecule has 0 radical (unpaired) electrons. The molecule has 5 nitrogen and oxygen atoms in total. The molecule has 2 fully saturated rings. The summed E-state index contributed by atoms with van der Waals surface area (Å²) in [6, 6.07) is 15.5. The predicted molar refractivity (Wildman–Crippen MR) is 161 cm³/mol. The molecule has 0 bridgehead atoms. The highest BCUT2D eigenvalue weighted by molar-refractivity contribution is 9.10. The van der Waals surface area contributed by atoms with Crippen LogP contribution in [0.15, 0.2) is 58.1 Å². The second-order valence-electron chi connectivity index (χ2n) is 13.1. The van der Waals surface area contributed by atoms with Crippen molar-refractivity contribution in [3.63, 3.8) is 0 Å². The molecule has 2 aromatic carbocycles. The van der Waals surface area contributed by atoms with Gasteiger partial charge in [-0.05, 0) is 128 Å². The standard InChI is InChI=1S/C16H23BrO.C16H23N3O/c1-16(2,3)12-4-8-14(9-5-12)18-15-10-6-13(17)7-11-15;1-16(2,3)12-4-8-14(9-5-12)20-15-10-6-13(7-11-15)18-19-17/h6-7,10-12,14H,4-5,8-9H2,1-3H3;6-7,10-12,14H,4-5,8-9H2,1-3H3. The third-order valence-corrected chi connectivity index (χ3v) is 8.74. The first kappa shape index (κ1) is 30.4. The number of halogens is 1. The van der Waals surface area contributed by atoms with Crippen LogP contribution in [-0.4, -0.2) is 12.2 Å². The monoisotopic (exact) mass is 583 g/mol. The highest BCUT2D eigenvalue weighted by Crippen LogP contribution is 2.40. The van der Waals surface area contributed by atoms with E-state index in [9.17, 15) is 0 Å². The molecule has 2 saturated carbocycles. The zero-order valence-corrected chi connectivity index (χ0v) is 25.7. The fourth-order valence-electron chi connectivity index (χ4n) is 5.63. The van der Waals surface area contributed by atoms with E-state index in [-0.39, 0.29) is 0 Å². The van der Waals surface area contributed by atoms with Crippen molar-refractivity contribution in [2.75, 3.05) is 0 Å². The van der Waals surface area contributed by atoms with Crippen LogP contribution in [0.1, 0.15) is 92.9 Å². The van der Waals surface area contributed by atoms with Gasteiger partial charge in [0.25, 0.3) is 0 Å². The fraction of sp³-hybridized carbons (Fsp3) is 0.625. The van der Waals surface area contributed by atoms with E-state index >= 15 is 0 Å². The van der Waals surface area contributed by atoms with Gasteiger partial charge in [-0.15, -0.1) is 0 Å². The van der Waals surface area contributed by atoms with Crippen LogP contribution in [0, 0.1) is 22.7 Å². The largest absolute Gasteiger partial charge is 0.490 e. The van der Waals surface area contributed by atoms with Crippen LogP contribution in [0.2, 0.25) is 0 Å². The summed E-state index contributed by atoms with van der Waals surface area (Å²) in [5, 5.41) is 3.56. The summed E-state index contributed by atoms with van der Waals surface area (Å²) in [5.74, 6) is 3.51. The maximum Gasteiger partial charge on any atom is 0.119 e. The van der Waals surface area contributed by atoms with Crippen molar-refractivity contribution in [1.29, 1.82) is 0 Å². The highest BCUT2D eigenvalue weighted by atomic mass is 79.9. The minimum atomic E-state index is 0.318. The molecule has 2 aromatic rings. The molecular formula is C32H46BrN3O2. The van der Waals surface area contributed by atoms with Gasteiger partial charge >= 0.3 is 0 Å². The molecule has 0 atom stereocenters. The van der Waals surface area contributed by atoms with E-state index in [2.05, 4.69) is 67.5 Å². The quantitative estimate of drug-likeness (QED) is 0.199. The molecule has 0 aromatic heterocycles. The molecule has 0 amide bonds. The summed E-state index contributed by atoms with van der Waals surface area (Å²) in [4.78, 5) is 2.77. The molecule has 4 rings (SSSR count). The molecule has 2 aliphatic carbocycles. The van der Waals surface area contributed by atoms with Crippen LogP contribution in [0.3, 0.4) is 0 Å². The summed E-state index contributed by atoms with van der Waals surface area (Å²) in [6.45, 7) is 14.0. The van der Waals surface area contributed by atoms with Gasteiger partial charge in [0.2, 0.25) is 0 Å². The first-order chi connectivity index (χ1) is 17.9. The van der Waals surface area contributed by atoms with Crippen LogP contribution in [0.5, 0.6) is 11.5 Å². The Balaban J connectivity index is 0.000000212. The summed E-state index contributed by atoms with van der Waals surface area (Å²) in [7, 11) is 0. The van der Waals surface area contributed by atoms with Gasteiger partial charge in [0.1, 0.15) is 11.5 Å². The van der Waals surface area contributed by atoms with E-state index in [0.717, 1.165) is 40.6 Å². The Bertz CT molecular complexity index is 1020. The van der Waals surface area contributed by atoms with E-state index in [1.165, 1.54) is 38.5 Å². The van der Waals surface area contributed by atoms with E-state index in [1.54, 1.807) is 12.1 Å². The second-order valence-corrected chi connectivity index (χ2v) is 14.0. The van der Waals surface area contributed by atoms with Crippen LogP contribution < -0.4 is 9.47 Å². The fourth-order valence-corrected chi connectivity index (χ4v) is 5.90. The number of nitrogens with zero attached hydrogens (tertiary/aromatic N) is 3. The zero-order chi connectivity index (χ0) is 27.8. The predicted octanol–water partition coefficient (Wildman–Crippen LogP) is 11.0. The molecule has 0 N–H and O–H groups in total. The van der Waals surface area contributed by atoms with Gasteiger partial charge < -0.3 is 9.47 Å². The summed E-state index contributed by atoms with van der Waals surface area (Å²) in [5.41, 5.74) is 9.84. The van der Waals surface area contributed by atoms with E-state index < -0.39 is 0 Å². The first-order valence-corrected chi connectivity index (χ1v) is 15.0. The Morgan fingerprint density at radius 1 is 0.658 bits per heavy atom. The number of hydrogen-bond acceptors (Lipinski definition) is 3. The number of ether oxygens (including phenoxy) is 2. The van der Waals surface area contributed by atoms with Crippen LogP contribution in [0.4, 0.5) is 5.69 Å². The molecule has 0 spiro atoms. The van der Waals surface area contributed by atoms with Crippen molar-refractivity contribution < 1.29 is 9.47 Å². The molecular weight excluding hydrogens is 538 g/mol. The van der Waals surface area contributed by atoms with Gasteiger partial charge in [0.15, 0.2) is 0 Å². The zero-order valence-electron chi connectivity index (χ0n) is 24.1. The van der Waals surface area contributed by atoms with E-state index in [1.807, 2.05) is 36.4 Å². The Morgan fingerprint density at radius 2 is 1.03 bits per heavy atom. The number of hydrogen-bond donors (Lipinski definition) is 0. The van der Waals surface area contributed by atoms with Gasteiger partial charge in [0.05, 0.1) is 12.2 Å². The molecule has 6 heteroatoms. The summed E-state index contributed by atoms with van der Waals surface area (Å²) in [6.07, 6.45) is 10.4. The van der Waals surface area contributed by atoms with E-state index in [0.29, 0.717) is 28.7 Å². The topological polar surface area (TPSA) is 67.2 Å². The average molecular weight is 585 g/mol. The van der Waals surface area contributed by atoms with Crippen LogP contribution in [-0.2, 0) is 0 Å². The maximum atomic E-state index is 8.37. The lowest BCUT2D eigenvalue weighted by Crippen LogP contribution is -2.30. The minimum absolute atomic E-state index is 0.318. The van der Waals surface area contributed by atoms with Gasteiger partial charge in [0, 0.05) is 15.1 Å². The highest BCUT2D eigenvalue weighted by Gasteiger charge is 2.31. The Morgan fingerprint density at radius 3 is 1.37 bits per heavy atom. The Labute approximate surface area is 238 Å². The van der Waals surface area contributed by atoms with Crippen molar-refractivity contribution in [2.45, 2.75) is 105 Å². The lowest BCUT2D eigenvalue weighted by molar-refractivity contribution is 0.0880. The first-order valence-electron chi connectivity index (χ1n) is 14.2. The number of azide groups is 1. The van der Waals surface area contributed by atoms with Crippen molar-refractivity contribution in [3.8, 4) is 11.5 Å². The number of rotatable bonds is 5. The van der Waals surface area contributed by atoms with Crippen molar-refractivity contribution in [1.82, 2.24) is 0 Å². The van der Waals surface area contributed by atoms with E-state index in [4.69, 9.17) is 15.0 Å². The molecule has 208 valence electrons. The molecule has 0 aliphatic heterocycles. The third kappa shape index (κ3) is 9.85. The molecule has 2 aliphatic rings. The van der Waals surface area contributed by atoms with Gasteiger partial charge in [-0.1, -0.05) is 62.6 Å². The summed E-state index contributed by atoms with van der Waals surface area (Å²) >= 11 is 3.44. The molecule has 0 heterocycles. The Kier molecular flexibility index (Phi) is 11.0. The minimum Gasteiger partial charge on any atom is -0.490 e. The van der Waals surface area contributed by atoms with Crippen LogP contribution >= 0.6 is 15.9 Å². The summed E-state index contributed by atoms with van der Waals surface area (Å²) < 4.78 is 13.2. The SMILES string of the molecule is CC(C)(C)C1CCC(Oc2ccc(Br)cc2)CC1.CC(C)(C)C1CCC(Oc2ccc(N=[N+]=[N-])cc2)CC1. The van der Waals surface area contributed by atoms with Crippen molar-refractivity contribution in [3.05, 3.63) is 63.4 Å². The van der Waals surface area contributed by atoms with Crippen molar-refractivity contribution >= 4 is 21.6 Å². The molecule has 0 unspecified atom stereocenters. The van der Waals surface area contributed by atoms with Gasteiger partial charge in [-0.3, -0.25) is 0 Å². The maximum absolute atomic E-state index is 8.37. The lowest BCUT2D eigenvalue weighted by Gasteiger charge is -2.36. The van der Waals surface area contributed by atoms with Crippen LogP contribution in [0.25, 0.3) is 10.4 Å². The average Bonchev–Trinajstić information content (AvgIpc) is 2.87.